The van der Waals surface area contributed by atoms with Crippen LogP contribution in [0.2, 0.25) is 0 Å². The number of nitrogens with one attached hydrogen (secondary N) is 1. The smallest absolute Gasteiger partial charge is 0.257 e. The van der Waals surface area contributed by atoms with Crippen molar-refractivity contribution in [2.24, 2.45) is 11.8 Å². The van der Waals surface area contributed by atoms with E-state index in [1.165, 1.54) is 6.42 Å². The summed E-state index contributed by atoms with van der Waals surface area (Å²) in [5.41, 5.74) is 3.04. The van der Waals surface area contributed by atoms with Crippen LogP contribution < -0.4 is 5.43 Å². The molecule has 5 heteroatoms. The van der Waals surface area contributed by atoms with E-state index >= 15 is 0 Å². The largest absolute Gasteiger partial charge is 0.330 e. The van der Waals surface area contributed by atoms with Crippen LogP contribution in [0.5, 0.6) is 0 Å². The number of rotatable bonds is 3. The first kappa shape index (κ1) is 14.8. The second kappa shape index (κ2) is 6.34. The van der Waals surface area contributed by atoms with Gasteiger partial charge < -0.3 is 4.90 Å². The van der Waals surface area contributed by atoms with Crippen molar-refractivity contribution in [3.8, 4) is 0 Å². The monoisotopic (exact) mass is 293 g/mol. The van der Waals surface area contributed by atoms with Gasteiger partial charge in [-0.25, -0.2) is 5.01 Å². The number of piperidine rings is 2. The lowest BCUT2D eigenvalue weighted by Gasteiger charge is -2.37. The van der Waals surface area contributed by atoms with Gasteiger partial charge in [0.2, 0.25) is 5.91 Å². The summed E-state index contributed by atoms with van der Waals surface area (Å²) in [5, 5.41) is 2.03. The second-order valence-electron chi connectivity index (χ2n) is 6.89. The number of hydrogen-bond acceptors (Lipinski definition) is 3. The average molecular weight is 293 g/mol. The highest BCUT2D eigenvalue weighted by atomic mass is 16.2. The minimum atomic E-state index is -0.249. The zero-order valence-electron chi connectivity index (χ0n) is 13.0. The van der Waals surface area contributed by atoms with Gasteiger partial charge in [0, 0.05) is 25.6 Å². The summed E-state index contributed by atoms with van der Waals surface area (Å²) >= 11 is 0. The first-order chi connectivity index (χ1) is 10.2. The standard InChI is InChI=1S/C16H27N3O2/c1-12-11-13(12)16(21)19-10-6-3-7-14(19)15(20)17-18-8-4-2-5-9-18/h12-14H,2-11H2,1H3,(H,17,20)/t12-,13+,14-/m1/s1. The molecule has 0 aromatic rings. The van der Waals surface area contributed by atoms with Crippen molar-refractivity contribution in [3.05, 3.63) is 0 Å². The summed E-state index contributed by atoms with van der Waals surface area (Å²) in [5.74, 6) is 0.915. The molecule has 0 unspecified atom stereocenters. The molecule has 1 aliphatic carbocycles. The summed E-state index contributed by atoms with van der Waals surface area (Å²) in [6.07, 6.45) is 7.42. The Morgan fingerprint density at radius 3 is 2.33 bits per heavy atom. The molecule has 2 heterocycles. The Labute approximate surface area is 127 Å². The molecule has 0 aromatic heterocycles. The molecule has 0 spiro atoms. The first-order valence-electron chi connectivity index (χ1n) is 8.53. The number of hydrazine groups is 1. The lowest BCUT2D eigenvalue weighted by atomic mass is 10.0. The van der Waals surface area contributed by atoms with E-state index in [1.54, 1.807) is 0 Å². The van der Waals surface area contributed by atoms with Gasteiger partial charge in [-0.05, 0) is 44.4 Å². The molecule has 1 N–H and O–H groups in total. The van der Waals surface area contributed by atoms with Crippen LogP contribution in [0.3, 0.4) is 0 Å². The third-order valence-electron chi connectivity index (χ3n) is 5.14. The molecule has 2 amide bonds. The Bertz CT molecular complexity index is 406. The van der Waals surface area contributed by atoms with Crippen molar-refractivity contribution < 1.29 is 9.59 Å². The number of hydrogen-bond donors (Lipinski definition) is 1. The summed E-state index contributed by atoms with van der Waals surface area (Å²) in [6.45, 7) is 4.74. The molecule has 2 aliphatic heterocycles. The maximum absolute atomic E-state index is 12.6. The van der Waals surface area contributed by atoms with E-state index in [2.05, 4.69) is 12.3 Å². The van der Waals surface area contributed by atoms with Gasteiger partial charge in [0.1, 0.15) is 6.04 Å². The fraction of sp³-hybridized carbons (Fsp3) is 0.875. The molecular formula is C16H27N3O2. The van der Waals surface area contributed by atoms with Gasteiger partial charge in [-0.2, -0.15) is 0 Å². The van der Waals surface area contributed by atoms with E-state index in [-0.39, 0.29) is 23.8 Å². The van der Waals surface area contributed by atoms with E-state index in [0.29, 0.717) is 5.92 Å². The van der Waals surface area contributed by atoms with Crippen molar-refractivity contribution in [1.82, 2.24) is 15.3 Å². The molecule has 5 nitrogen and oxygen atoms in total. The molecular weight excluding hydrogens is 266 g/mol. The van der Waals surface area contributed by atoms with Crippen molar-refractivity contribution in [2.75, 3.05) is 19.6 Å². The molecule has 0 bridgehead atoms. The predicted molar refractivity (Wildman–Crippen MR) is 80.2 cm³/mol. The summed E-state index contributed by atoms with van der Waals surface area (Å²) < 4.78 is 0. The van der Waals surface area contributed by atoms with Crippen LogP contribution in [0.25, 0.3) is 0 Å². The van der Waals surface area contributed by atoms with Crippen LogP contribution in [0.15, 0.2) is 0 Å². The van der Waals surface area contributed by atoms with E-state index in [1.807, 2.05) is 9.91 Å². The third-order valence-corrected chi connectivity index (χ3v) is 5.14. The Morgan fingerprint density at radius 1 is 1.00 bits per heavy atom. The molecule has 3 fully saturated rings. The minimum absolute atomic E-state index is 0.0262. The highest BCUT2D eigenvalue weighted by molar-refractivity contribution is 5.89. The maximum atomic E-state index is 12.6. The van der Waals surface area contributed by atoms with Crippen molar-refractivity contribution in [1.29, 1.82) is 0 Å². The minimum Gasteiger partial charge on any atom is -0.330 e. The molecule has 3 atom stereocenters. The van der Waals surface area contributed by atoms with Crippen LogP contribution in [-0.2, 0) is 9.59 Å². The predicted octanol–water partition coefficient (Wildman–Crippen LogP) is 1.54. The number of nitrogens with zero attached hydrogens (tertiary/aromatic N) is 2. The molecule has 21 heavy (non-hydrogen) atoms. The average Bonchev–Trinajstić information content (AvgIpc) is 3.24. The number of amides is 2. The molecule has 118 valence electrons. The normalized spacial score (nSPS) is 33.6. The molecule has 0 aromatic carbocycles. The van der Waals surface area contributed by atoms with Gasteiger partial charge in [0.25, 0.3) is 5.91 Å². The SMILES string of the molecule is C[C@@H]1C[C@@H]1C(=O)N1CCCC[C@@H]1C(=O)NN1CCCCC1. The second-order valence-corrected chi connectivity index (χ2v) is 6.89. The Balaban J connectivity index is 1.60. The van der Waals surface area contributed by atoms with E-state index in [0.717, 1.165) is 58.2 Å². The maximum Gasteiger partial charge on any atom is 0.257 e. The van der Waals surface area contributed by atoms with Gasteiger partial charge in [-0.3, -0.25) is 15.0 Å². The van der Waals surface area contributed by atoms with E-state index in [4.69, 9.17) is 0 Å². The molecule has 3 aliphatic rings. The molecule has 3 rings (SSSR count). The molecule has 2 saturated heterocycles. The molecule has 1 saturated carbocycles. The summed E-state index contributed by atoms with van der Waals surface area (Å²) in [6, 6.07) is -0.249. The zero-order chi connectivity index (χ0) is 14.8. The first-order valence-corrected chi connectivity index (χ1v) is 8.53. The van der Waals surface area contributed by atoms with Crippen LogP contribution in [0.1, 0.15) is 51.9 Å². The third kappa shape index (κ3) is 3.39. The van der Waals surface area contributed by atoms with E-state index in [9.17, 15) is 9.59 Å². The van der Waals surface area contributed by atoms with Crippen molar-refractivity contribution in [2.45, 2.75) is 57.9 Å². The topological polar surface area (TPSA) is 52.7 Å². The van der Waals surface area contributed by atoms with Crippen LogP contribution >= 0.6 is 0 Å². The summed E-state index contributed by atoms with van der Waals surface area (Å²) in [7, 11) is 0. The van der Waals surface area contributed by atoms with Crippen LogP contribution in [0, 0.1) is 11.8 Å². The Morgan fingerprint density at radius 2 is 1.67 bits per heavy atom. The van der Waals surface area contributed by atoms with Gasteiger partial charge in [0.05, 0.1) is 0 Å². The van der Waals surface area contributed by atoms with Gasteiger partial charge >= 0.3 is 0 Å². The summed E-state index contributed by atoms with van der Waals surface area (Å²) in [4.78, 5) is 26.9. The Hall–Kier alpha value is -1.10. The Kier molecular flexibility index (Phi) is 4.48. The van der Waals surface area contributed by atoms with Crippen molar-refractivity contribution in [3.63, 3.8) is 0 Å². The van der Waals surface area contributed by atoms with Gasteiger partial charge in [0.15, 0.2) is 0 Å². The quantitative estimate of drug-likeness (QED) is 0.859. The fourth-order valence-electron chi connectivity index (χ4n) is 3.58. The number of carbonyl (C=O) groups excluding carboxylic acids is 2. The van der Waals surface area contributed by atoms with Gasteiger partial charge in [-0.1, -0.05) is 13.3 Å². The van der Waals surface area contributed by atoms with Crippen LogP contribution in [-0.4, -0.2) is 47.4 Å². The van der Waals surface area contributed by atoms with Gasteiger partial charge in [-0.15, -0.1) is 0 Å². The van der Waals surface area contributed by atoms with E-state index < -0.39 is 0 Å². The zero-order valence-corrected chi connectivity index (χ0v) is 13.0. The highest BCUT2D eigenvalue weighted by Gasteiger charge is 2.44. The number of likely N-dealkylation sites (tertiary alicyclic amines) is 1. The highest BCUT2D eigenvalue weighted by Crippen LogP contribution is 2.40. The number of carbonyl (C=O) groups is 2. The molecule has 0 radical (unpaired) electrons. The lowest BCUT2D eigenvalue weighted by molar-refractivity contribution is -0.145. The van der Waals surface area contributed by atoms with Crippen LogP contribution in [0.4, 0.5) is 0 Å². The lowest BCUT2D eigenvalue weighted by Crippen LogP contribution is -2.56. The van der Waals surface area contributed by atoms with Crippen molar-refractivity contribution >= 4 is 11.8 Å². The fourth-order valence-corrected chi connectivity index (χ4v) is 3.58.